The van der Waals surface area contributed by atoms with Gasteiger partial charge in [-0.25, -0.2) is 0 Å². The topological polar surface area (TPSA) is 88.2 Å². The summed E-state index contributed by atoms with van der Waals surface area (Å²) in [5, 5.41) is 10.8. The third-order valence-corrected chi connectivity index (χ3v) is 5.82. The molecular weight excluding hydrogens is 515 g/mol. The highest BCUT2D eigenvalue weighted by atomic mass is 127. The molecule has 1 aliphatic carbocycles. The third kappa shape index (κ3) is 6.05. The molecule has 0 unspecified atom stereocenters. The average molecular weight is 546 g/mol. The Hall–Kier alpha value is -2.49. The number of guanidine groups is 1. The fraction of sp³-hybridized carbons (Fsp3) is 0.417. The molecule has 0 aliphatic heterocycles. The van der Waals surface area contributed by atoms with E-state index in [0.29, 0.717) is 30.4 Å². The summed E-state index contributed by atoms with van der Waals surface area (Å²) in [4.78, 5) is 13.6. The summed E-state index contributed by atoms with van der Waals surface area (Å²) in [7, 11) is 0. The zero-order chi connectivity index (χ0) is 21.4. The molecule has 170 valence electrons. The van der Waals surface area contributed by atoms with Crippen LogP contribution in [0.3, 0.4) is 0 Å². The van der Waals surface area contributed by atoms with Gasteiger partial charge in [0.05, 0.1) is 6.54 Å². The van der Waals surface area contributed by atoms with Crippen molar-refractivity contribution < 1.29 is 4.52 Å². The summed E-state index contributed by atoms with van der Waals surface area (Å²) < 4.78 is 5.34. The van der Waals surface area contributed by atoms with Crippen molar-refractivity contribution in [2.75, 3.05) is 19.6 Å². The molecule has 0 radical (unpaired) electrons. The van der Waals surface area contributed by atoms with Gasteiger partial charge in [0.1, 0.15) is 5.69 Å². The SMILES string of the molecule is CCNC(=NCC1(c2ccccc2)CCCC1)NCCc1noc(-c2ccccn2)n1.I. The molecule has 3 aromatic rings. The third-order valence-electron chi connectivity index (χ3n) is 5.82. The van der Waals surface area contributed by atoms with E-state index in [-0.39, 0.29) is 29.4 Å². The highest BCUT2D eigenvalue weighted by Crippen LogP contribution is 2.41. The maximum Gasteiger partial charge on any atom is 0.276 e. The number of pyridine rings is 1. The van der Waals surface area contributed by atoms with Crippen molar-refractivity contribution in [3.8, 4) is 11.6 Å². The van der Waals surface area contributed by atoms with E-state index < -0.39 is 0 Å². The molecule has 0 spiro atoms. The first-order valence-electron chi connectivity index (χ1n) is 11.1. The normalized spacial score (nSPS) is 15.2. The molecule has 1 fully saturated rings. The van der Waals surface area contributed by atoms with Crippen LogP contribution in [0.2, 0.25) is 0 Å². The van der Waals surface area contributed by atoms with Crippen LogP contribution in [-0.2, 0) is 11.8 Å². The average Bonchev–Trinajstić information content (AvgIpc) is 3.49. The van der Waals surface area contributed by atoms with E-state index in [4.69, 9.17) is 9.52 Å². The first-order valence-corrected chi connectivity index (χ1v) is 11.1. The minimum Gasteiger partial charge on any atom is -0.357 e. The van der Waals surface area contributed by atoms with E-state index in [1.807, 2.05) is 18.2 Å². The summed E-state index contributed by atoms with van der Waals surface area (Å²) in [6.07, 6.45) is 7.28. The number of halogens is 1. The minimum absolute atomic E-state index is 0. The zero-order valence-corrected chi connectivity index (χ0v) is 20.8. The second kappa shape index (κ2) is 11.9. The van der Waals surface area contributed by atoms with Gasteiger partial charge in [0.15, 0.2) is 11.8 Å². The molecule has 2 heterocycles. The molecule has 0 atom stereocenters. The fourth-order valence-electron chi connectivity index (χ4n) is 4.20. The van der Waals surface area contributed by atoms with Crippen molar-refractivity contribution in [1.82, 2.24) is 25.8 Å². The summed E-state index contributed by atoms with van der Waals surface area (Å²) >= 11 is 0. The number of aromatic nitrogens is 3. The van der Waals surface area contributed by atoms with Crippen molar-refractivity contribution in [2.45, 2.75) is 44.4 Å². The molecular formula is C24H31IN6O. The van der Waals surface area contributed by atoms with Crippen LogP contribution in [0.1, 0.15) is 44.0 Å². The standard InChI is InChI=1S/C24H30N6O.HI/c1-2-25-23(28-18-24(14-7-8-15-24)19-10-4-3-5-11-19)27-17-13-21-29-22(31-30-21)20-12-6-9-16-26-20;/h3-6,9-12,16H,2,7-8,13-15,17-18H2,1H3,(H2,25,27,28);1H. The van der Waals surface area contributed by atoms with E-state index in [1.165, 1.54) is 31.2 Å². The van der Waals surface area contributed by atoms with E-state index >= 15 is 0 Å². The molecule has 7 nitrogen and oxygen atoms in total. The van der Waals surface area contributed by atoms with Gasteiger partial charge in [0.25, 0.3) is 5.89 Å². The van der Waals surface area contributed by atoms with Gasteiger partial charge in [0, 0.05) is 31.1 Å². The van der Waals surface area contributed by atoms with E-state index in [0.717, 1.165) is 19.0 Å². The van der Waals surface area contributed by atoms with Gasteiger partial charge in [-0.2, -0.15) is 4.98 Å². The van der Waals surface area contributed by atoms with Gasteiger partial charge in [-0.1, -0.05) is 54.4 Å². The van der Waals surface area contributed by atoms with Crippen molar-refractivity contribution in [1.29, 1.82) is 0 Å². The van der Waals surface area contributed by atoms with Gasteiger partial charge in [0.2, 0.25) is 0 Å². The van der Waals surface area contributed by atoms with Gasteiger partial charge in [-0.15, -0.1) is 24.0 Å². The zero-order valence-electron chi connectivity index (χ0n) is 18.5. The molecule has 0 amide bonds. The lowest BCUT2D eigenvalue weighted by Gasteiger charge is -2.28. The predicted octanol–water partition coefficient (Wildman–Crippen LogP) is 4.36. The summed E-state index contributed by atoms with van der Waals surface area (Å²) in [5.74, 6) is 1.93. The number of hydrogen-bond donors (Lipinski definition) is 2. The number of aliphatic imine (C=N–C) groups is 1. The Morgan fingerprint density at radius 2 is 1.84 bits per heavy atom. The van der Waals surface area contributed by atoms with Crippen LogP contribution in [0.5, 0.6) is 0 Å². The van der Waals surface area contributed by atoms with Crippen LogP contribution in [0.25, 0.3) is 11.6 Å². The molecule has 0 bridgehead atoms. The van der Waals surface area contributed by atoms with E-state index in [1.54, 1.807) is 6.20 Å². The summed E-state index contributed by atoms with van der Waals surface area (Å²) in [5.41, 5.74) is 2.24. The van der Waals surface area contributed by atoms with Crippen LogP contribution < -0.4 is 10.6 Å². The Kier molecular flexibility index (Phi) is 9.01. The number of benzene rings is 1. The molecule has 32 heavy (non-hydrogen) atoms. The summed E-state index contributed by atoms with van der Waals surface area (Å²) in [6, 6.07) is 16.5. The molecule has 0 saturated heterocycles. The lowest BCUT2D eigenvalue weighted by molar-refractivity contribution is 0.421. The number of hydrogen-bond acceptors (Lipinski definition) is 5. The molecule has 2 N–H and O–H groups in total. The smallest absolute Gasteiger partial charge is 0.276 e. The fourth-order valence-corrected chi connectivity index (χ4v) is 4.20. The van der Waals surface area contributed by atoms with Gasteiger partial charge in [-0.3, -0.25) is 9.98 Å². The first kappa shape index (κ1) is 24.2. The molecule has 1 aromatic carbocycles. The van der Waals surface area contributed by atoms with Gasteiger partial charge in [-0.05, 0) is 37.5 Å². The Labute approximate surface area is 206 Å². The molecule has 1 saturated carbocycles. The molecule has 8 heteroatoms. The van der Waals surface area contributed by atoms with Crippen LogP contribution in [0.15, 0.2) is 64.2 Å². The Morgan fingerprint density at radius 1 is 1.06 bits per heavy atom. The monoisotopic (exact) mass is 546 g/mol. The quantitative estimate of drug-likeness (QED) is 0.248. The van der Waals surface area contributed by atoms with Crippen LogP contribution >= 0.6 is 24.0 Å². The van der Waals surface area contributed by atoms with Crippen molar-refractivity contribution in [3.63, 3.8) is 0 Å². The van der Waals surface area contributed by atoms with Crippen molar-refractivity contribution >= 4 is 29.9 Å². The van der Waals surface area contributed by atoms with Crippen LogP contribution in [-0.4, -0.2) is 40.7 Å². The maximum absolute atomic E-state index is 5.34. The highest BCUT2D eigenvalue weighted by Gasteiger charge is 2.35. The Bertz CT molecular complexity index is 970. The minimum atomic E-state index is 0. The lowest BCUT2D eigenvalue weighted by atomic mass is 9.79. The van der Waals surface area contributed by atoms with Gasteiger partial charge >= 0.3 is 0 Å². The van der Waals surface area contributed by atoms with E-state index in [2.05, 4.69) is 63.0 Å². The number of nitrogens with one attached hydrogen (secondary N) is 2. The van der Waals surface area contributed by atoms with Crippen molar-refractivity contribution in [2.24, 2.45) is 4.99 Å². The molecule has 4 rings (SSSR count). The number of nitrogens with zero attached hydrogens (tertiary/aromatic N) is 4. The first-order chi connectivity index (χ1) is 15.3. The lowest BCUT2D eigenvalue weighted by Crippen LogP contribution is -2.39. The van der Waals surface area contributed by atoms with Gasteiger partial charge < -0.3 is 15.2 Å². The maximum atomic E-state index is 5.34. The summed E-state index contributed by atoms with van der Waals surface area (Å²) in [6.45, 7) is 4.36. The van der Waals surface area contributed by atoms with Crippen LogP contribution in [0, 0.1) is 0 Å². The highest BCUT2D eigenvalue weighted by molar-refractivity contribution is 14.0. The Morgan fingerprint density at radius 3 is 2.56 bits per heavy atom. The number of rotatable bonds is 8. The van der Waals surface area contributed by atoms with Crippen molar-refractivity contribution in [3.05, 3.63) is 66.1 Å². The second-order valence-corrected chi connectivity index (χ2v) is 7.96. The largest absolute Gasteiger partial charge is 0.357 e. The molecule has 2 aromatic heterocycles. The van der Waals surface area contributed by atoms with Crippen LogP contribution in [0.4, 0.5) is 0 Å². The molecule has 1 aliphatic rings. The predicted molar refractivity (Wildman–Crippen MR) is 137 cm³/mol. The Balaban J connectivity index is 0.00000289. The van der Waals surface area contributed by atoms with E-state index in [9.17, 15) is 0 Å². The second-order valence-electron chi connectivity index (χ2n) is 7.96.